The molecular formula is C36H34N4. The Hall–Kier alpha value is -4.15. The van der Waals surface area contributed by atoms with Gasteiger partial charge < -0.3 is 0 Å². The Morgan fingerprint density at radius 3 is 1.50 bits per heavy atom. The first-order valence-electron chi connectivity index (χ1n) is 14.4. The Morgan fingerprint density at radius 1 is 0.575 bits per heavy atom. The highest BCUT2D eigenvalue weighted by atomic mass is 15.2. The van der Waals surface area contributed by atoms with Crippen LogP contribution in [-0.2, 0) is 6.54 Å². The van der Waals surface area contributed by atoms with Gasteiger partial charge in [0.25, 0.3) is 0 Å². The van der Waals surface area contributed by atoms with E-state index in [9.17, 15) is 0 Å². The Kier molecular flexibility index (Phi) is 6.28. The maximum absolute atomic E-state index is 5.23. The van der Waals surface area contributed by atoms with Crippen molar-refractivity contribution in [3.05, 3.63) is 125 Å². The van der Waals surface area contributed by atoms with Gasteiger partial charge in [0.2, 0.25) is 0 Å². The standard InChI is InChI=1S/C36H34N4/c1-23-19-26(37-30-14-7-4-11-27(23)30)22-40-35(33-20-24(2)28-12-5-8-15-31(28)38-33)17-10-18-36(40)34-21-25(3)29-13-6-9-16-32(29)39-34/h4-9,11-16,19-21,35-36H,10,17-18,22H2,1-3H3/t35-,36-/m1/s1. The Morgan fingerprint density at radius 2 is 1.00 bits per heavy atom. The molecule has 0 unspecified atom stereocenters. The summed E-state index contributed by atoms with van der Waals surface area (Å²) in [4.78, 5) is 18.2. The number of likely N-dealkylation sites (tertiary alicyclic amines) is 1. The van der Waals surface area contributed by atoms with E-state index in [2.05, 4.69) is 117 Å². The predicted octanol–water partition coefficient (Wildman–Crippen LogP) is 8.72. The molecule has 198 valence electrons. The SMILES string of the molecule is Cc1cc(CN2[C@@H](c3cc(C)c4ccccc4n3)CCC[C@@H]2c2cc(C)c3ccccc3n2)nc2ccccc12. The Labute approximate surface area is 235 Å². The van der Waals surface area contributed by atoms with Gasteiger partial charge in [-0.3, -0.25) is 19.9 Å². The number of rotatable bonds is 4. The second-order valence-electron chi connectivity index (χ2n) is 11.3. The number of hydrogen-bond acceptors (Lipinski definition) is 4. The summed E-state index contributed by atoms with van der Waals surface area (Å²) in [7, 11) is 0. The third-order valence-electron chi connectivity index (χ3n) is 8.64. The normalized spacial score (nSPS) is 18.1. The average molecular weight is 523 g/mol. The molecule has 1 fully saturated rings. The lowest BCUT2D eigenvalue weighted by atomic mass is 9.89. The van der Waals surface area contributed by atoms with E-state index in [0.717, 1.165) is 59.4 Å². The van der Waals surface area contributed by atoms with E-state index in [1.807, 2.05) is 0 Å². The first kappa shape index (κ1) is 24.9. The van der Waals surface area contributed by atoms with Gasteiger partial charge in [0.05, 0.1) is 45.7 Å². The van der Waals surface area contributed by atoms with Crippen LogP contribution in [0, 0.1) is 20.8 Å². The molecular weight excluding hydrogens is 488 g/mol. The van der Waals surface area contributed by atoms with Crippen LogP contribution < -0.4 is 0 Å². The minimum atomic E-state index is 0.184. The van der Waals surface area contributed by atoms with Gasteiger partial charge in [-0.25, -0.2) is 0 Å². The summed E-state index contributed by atoms with van der Waals surface area (Å²) >= 11 is 0. The molecule has 4 nitrogen and oxygen atoms in total. The molecule has 0 radical (unpaired) electrons. The van der Waals surface area contributed by atoms with Crippen LogP contribution in [0.5, 0.6) is 0 Å². The van der Waals surface area contributed by atoms with Crippen molar-refractivity contribution in [2.24, 2.45) is 0 Å². The highest BCUT2D eigenvalue weighted by molar-refractivity contribution is 5.83. The van der Waals surface area contributed by atoms with Gasteiger partial charge in [-0.05, 0) is 93.1 Å². The fourth-order valence-corrected chi connectivity index (χ4v) is 6.69. The van der Waals surface area contributed by atoms with Crippen molar-refractivity contribution < 1.29 is 0 Å². The topological polar surface area (TPSA) is 41.9 Å². The first-order valence-corrected chi connectivity index (χ1v) is 14.4. The van der Waals surface area contributed by atoms with Gasteiger partial charge in [0, 0.05) is 22.7 Å². The highest BCUT2D eigenvalue weighted by Gasteiger charge is 2.35. The lowest BCUT2D eigenvalue weighted by Gasteiger charge is -2.42. The lowest BCUT2D eigenvalue weighted by molar-refractivity contribution is 0.0677. The summed E-state index contributed by atoms with van der Waals surface area (Å²) in [6, 6.07) is 32.7. The number of fused-ring (bicyclic) bond motifs is 3. The zero-order valence-corrected chi connectivity index (χ0v) is 23.4. The van der Waals surface area contributed by atoms with E-state index in [4.69, 9.17) is 15.0 Å². The largest absolute Gasteiger partial charge is 0.280 e. The van der Waals surface area contributed by atoms with E-state index < -0.39 is 0 Å². The molecule has 7 rings (SSSR count). The van der Waals surface area contributed by atoms with Gasteiger partial charge in [0.1, 0.15) is 0 Å². The minimum absolute atomic E-state index is 0.184. The molecule has 2 atom stereocenters. The molecule has 6 aromatic rings. The number of nitrogens with zero attached hydrogens (tertiary/aromatic N) is 4. The van der Waals surface area contributed by atoms with E-state index in [-0.39, 0.29) is 12.1 Å². The third-order valence-corrected chi connectivity index (χ3v) is 8.64. The molecule has 0 N–H and O–H groups in total. The Balaban J connectivity index is 1.37. The number of para-hydroxylation sites is 3. The molecule has 1 aliphatic heterocycles. The number of benzene rings is 3. The van der Waals surface area contributed by atoms with Crippen molar-refractivity contribution in [1.29, 1.82) is 0 Å². The average Bonchev–Trinajstić information content (AvgIpc) is 2.97. The van der Waals surface area contributed by atoms with Crippen molar-refractivity contribution in [2.45, 2.75) is 58.7 Å². The number of aromatic nitrogens is 3. The highest BCUT2D eigenvalue weighted by Crippen LogP contribution is 2.43. The van der Waals surface area contributed by atoms with E-state index in [1.54, 1.807) is 0 Å². The molecule has 0 amide bonds. The molecule has 40 heavy (non-hydrogen) atoms. The summed E-state index contributed by atoms with van der Waals surface area (Å²) < 4.78 is 0. The van der Waals surface area contributed by atoms with Gasteiger partial charge in [-0.1, -0.05) is 54.6 Å². The van der Waals surface area contributed by atoms with Crippen molar-refractivity contribution in [1.82, 2.24) is 19.9 Å². The van der Waals surface area contributed by atoms with Gasteiger partial charge >= 0.3 is 0 Å². The summed E-state index contributed by atoms with van der Waals surface area (Å²) in [5.74, 6) is 0. The number of aryl methyl sites for hydroxylation is 3. The first-order chi connectivity index (χ1) is 19.5. The maximum atomic E-state index is 5.23. The van der Waals surface area contributed by atoms with E-state index in [1.165, 1.54) is 32.8 Å². The van der Waals surface area contributed by atoms with Crippen LogP contribution in [0.3, 0.4) is 0 Å². The zero-order valence-electron chi connectivity index (χ0n) is 23.4. The van der Waals surface area contributed by atoms with Crippen LogP contribution in [0.4, 0.5) is 0 Å². The van der Waals surface area contributed by atoms with Crippen molar-refractivity contribution in [3.63, 3.8) is 0 Å². The fourth-order valence-electron chi connectivity index (χ4n) is 6.69. The fraction of sp³-hybridized carbons (Fsp3) is 0.250. The summed E-state index contributed by atoms with van der Waals surface area (Å²) in [6.45, 7) is 7.37. The molecule has 0 aliphatic carbocycles. The smallest absolute Gasteiger partial charge is 0.0708 e. The van der Waals surface area contributed by atoms with Crippen molar-refractivity contribution >= 4 is 32.7 Å². The van der Waals surface area contributed by atoms with Crippen molar-refractivity contribution in [2.75, 3.05) is 0 Å². The monoisotopic (exact) mass is 522 g/mol. The second kappa shape index (κ2) is 10.1. The van der Waals surface area contributed by atoms with E-state index >= 15 is 0 Å². The lowest BCUT2D eigenvalue weighted by Crippen LogP contribution is -2.37. The third kappa shape index (κ3) is 4.43. The predicted molar refractivity (Wildman–Crippen MR) is 164 cm³/mol. The number of piperidine rings is 1. The molecule has 0 spiro atoms. The second-order valence-corrected chi connectivity index (χ2v) is 11.3. The number of pyridine rings is 3. The molecule has 3 aromatic carbocycles. The summed E-state index contributed by atoms with van der Waals surface area (Å²) in [6.07, 6.45) is 3.28. The molecule has 0 bridgehead atoms. The van der Waals surface area contributed by atoms with Crippen LogP contribution in [0.15, 0.2) is 91.0 Å². The van der Waals surface area contributed by atoms with Crippen LogP contribution in [-0.4, -0.2) is 19.9 Å². The van der Waals surface area contributed by atoms with Crippen LogP contribution in [0.25, 0.3) is 32.7 Å². The van der Waals surface area contributed by atoms with Crippen LogP contribution in [0.1, 0.15) is 65.1 Å². The zero-order chi connectivity index (χ0) is 27.2. The van der Waals surface area contributed by atoms with Crippen LogP contribution in [0.2, 0.25) is 0 Å². The van der Waals surface area contributed by atoms with Gasteiger partial charge in [-0.15, -0.1) is 0 Å². The molecule has 3 aromatic heterocycles. The summed E-state index contributed by atoms with van der Waals surface area (Å²) in [5, 5.41) is 3.67. The van der Waals surface area contributed by atoms with Crippen LogP contribution >= 0.6 is 0 Å². The number of hydrogen-bond donors (Lipinski definition) is 0. The Bertz CT molecular complexity index is 1780. The van der Waals surface area contributed by atoms with Crippen molar-refractivity contribution in [3.8, 4) is 0 Å². The molecule has 4 heterocycles. The maximum Gasteiger partial charge on any atom is 0.0708 e. The van der Waals surface area contributed by atoms with E-state index in [0.29, 0.717) is 0 Å². The molecule has 0 saturated carbocycles. The molecule has 1 saturated heterocycles. The molecule has 1 aliphatic rings. The molecule has 4 heteroatoms. The van der Waals surface area contributed by atoms with Gasteiger partial charge in [-0.2, -0.15) is 0 Å². The van der Waals surface area contributed by atoms with Gasteiger partial charge in [0.15, 0.2) is 0 Å². The minimum Gasteiger partial charge on any atom is -0.280 e. The summed E-state index contributed by atoms with van der Waals surface area (Å²) in [5.41, 5.74) is 10.4. The quantitative estimate of drug-likeness (QED) is 0.232.